The number of rotatable bonds is 7. The molecular formula is C20H30ClN3O4. The summed E-state index contributed by atoms with van der Waals surface area (Å²) in [6, 6.07) is 5.23. The van der Waals surface area contributed by atoms with Crippen LogP contribution in [0.2, 0.25) is 0 Å². The Labute approximate surface area is 172 Å². The lowest BCUT2D eigenvalue weighted by Crippen LogP contribution is -2.45. The number of nitrogens with two attached hydrogens (primary N) is 1. The Balaban J connectivity index is 0.00000280. The fourth-order valence-corrected chi connectivity index (χ4v) is 3.51. The van der Waals surface area contributed by atoms with Crippen LogP contribution in [0.25, 0.3) is 0 Å². The number of carbonyl (C=O) groups is 2. The topological polar surface area (TPSA) is 93.9 Å². The van der Waals surface area contributed by atoms with Gasteiger partial charge in [-0.25, -0.2) is 0 Å². The molecule has 1 aromatic rings. The van der Waals surface area contributed by atoms with Gasteiger partial charge in [0.1, 0.15) is 11.5 Å². The second-order valence-electron chi connectivity index (χ2n) is 7.41. The fraction of sp³-hybridized carbons (Fsp3) is 0.600. The summed E-state index contributed by atoms with van der Waals surface area (Å²) >= 11 is 0. The third kappa shape index (κ3) is 5.52. The first-order chi connectivity index (χ1) is 13.0. The summed E-state index contributed by atoms with van der Waals surface area (Å²) in [6.07, 6.45) is 3.67. The Morgan fingerprint density at radius 1 is 1.11 bits per heavy atom. The van der Waals surface area contributed by atoms with Crippen LogP contribution in [0.15, 0.2) is 18.2 Å². The van der Waals surface area contributed by atoms with Crippen LogP contribution in [-0.4, -0.2) is 56.6 Å². The Morgan fingerprint density at radius 3 is 2.18 bits per heavy atom. The maximum Gasteiger partial charge on any atom is 0.254 e. The average molecular weight is 412 g/mol. The molecule has 0 bridgehead atoms. The molecule has 1 aliphatic carbocycles. The number of halogens is 1. The smallest absolute Gasteiger partial charge is 0.254 e. The monoisotopic (exact) mass is 411 g/mol. The van der Waals surface area contributed by atoms with Crippen molar-refractivity contribution in [2.45, 2.75) is 31.7 Å². The number of methoxy groups -OCH3 is 2. The number of hydrogen-bond acceptors (Lipinski definition) is 5. The number of nitrogens with one attached hydrogen (secondary N) is 1. The molecule has 3 N–H and O–H groups in total. The van der Waals surface area contributed by atoms with Gasteiger partial charge in [-0.1, -0.05) is 0 Å². The van der Waals surface area contributed by atoms with Crippen LogP contribution in [0.4, 0.5) is 0 Å². The van der Waals surface area contributed by atoms with Gasteiger partial charge in [0, 0.05) is 43.2 Å². The van der Waals surface area contributed by atoms with Gasteiger partial charge in [-0.3, -0.25) is 9.59 Å². The van der Waals surface area contributed by atoms with Gasteiger partial charge in [0.05, 0.1) is 14.2 Å². The van der Waals surface area contributed by atoms with Crippen molar-refractivity contribution < 1.29 is 19.1 Å². The number of likely N-dealkylation sites (tertiary alicyclic amines) is 1. The van der Waals surface area contributed by atoms with Gasteiger partial charge in [-0.15, -0.1) is 12.4 Å². The minimum atomic E-state index is -0.0678. The third-order valence-electron chi connectivity index (χ3n) is 5.49. The maximum absolute atomic E-state index is 12.8. The summed E-state index contributed by atoms with van der Waals surface area (Å²) in [5.74, 6) is 1.67. The van der Waals surface area contributed by atoms with Gasteiger partial charge >= 0.3 is 0 Å². The number of hydrogen-bond donors (Lipinski definition) is 2. The van der Waals surface area contributed by atoms with Gasteiger partial charge in [0.25, 0.3) is 5.91 Å². The van der Waals surface area contributed by atoms with Crippen molar-refractivity contribution >= 4 is 24.2 Å². The van der Waals surface area contributed by atoms with E-state index in [4.69, 9.17) is 15.2 Å². The van der Waals surface area contributed by atoms with Gasteiger partial charge < -0.3 is 25.4 Å². The highest BCUT2D eigenvalue weighted by molar-refractivity contribution is 5.95. The Kier molecular flexibility index (Phi) is 7.95. The first kappa shape index (κ1) is 22.3. The van der Waals surface area contributed by atoms with Crippen molar-refractivity contribution in [1.29, 1.82) is 0 Å². The summed E-state index contributed by atoms with van der Waals surface area (Å²) < 4.78 is 10.5. The van der Waals surface area contributed by atoms with Gasteiger partial charge in [0.2, 0.25) is 5.91 Å². The van der Waals surface area contributed by atoms with E-state index in [9.17, 15) is 9.59 Å². The number of nitrogens with zero attached hydrogens (tertiary/aromatic N) is 1. The van der Waals surface area contributed by atoms with Crippen LogP contribution in [0.5, 0.6) is 11.5 Å². The molecule has 7 nitrogen and oxygen atoms in total. The SMILES string of the molecule is COc1cc(OC)cc(C(=O)N2CCC(C(=O)NCC(N)C3CC3)CC2)c1.Cl. The van der Waals surface area contributed by atoms with E-state index in [0.29, 0.717) is 55.5 Å². The number of benzene rings is 1. The highest BCUT2D eigenvalue weighted by Gasteiger charge is 2.31. The summed E-state index contributed by atoms with van der Waals surface area (Å²) in [6.45, 7) is 1.67. The van der Waals surface area contributed by atoms with Crippen LogP contribution in [0.1, 0.15) is 36.0 Å². The molecule has 1 aromatic carbocycles. The second-order valence-corrected chi connectivity index (χ2v) is 7.41. The first-order valence-corrected chi connectivity index (χ1v) is 9.57. The highest BCUT2D eigenvalue weighted by Crippen LogP contribution is 2.31. The van der Waals surface area contributed by atoms with E-state index in [1.165, 1.54) is 12.8 Å². The zero-order chi connectivity index (χ0) is 19.4. The lowest BCUT2D eigenvalue weighted by atomic mass is 9.95. The first-order valence-electron chi connectivity index (χ1n) is 9.57. The predicted molar refractivity (Wildman–Crippen MR) is 109 cm³/mol. The summed E-state index contributed by atoms with van der Waals surface area (Å²) in [5.41, 5.74) is 6.57. The molecule has 156 valence electrons. The molecule has 1 heterocycles. The number of piperidine rings is 1. The summed E-state index contributed by atoms with van der Waals surface area (Å²) in [5, 5.41) is 2.98. The molecule has 28 heavy (non-hydrogen) atoms. The molecule has 2 fully saturated rings. The van der Waals surface area contributed by atoms with Crippen LogP contribution in [0.3, 0.4) is 0 Å². The maximum atomic E-state index is 12.8. The molecule has 3 rings (SSSR count). The molecule has 1 unspecified atom stereocenters. The summed E-state index contributed by atoms with van der Waals surface area (Å²) in [4.78, 5) is 26.9. The molecule has 0 radical (unpaired) electrons. The van der Waals surface area contributed by atoms with Crippen molar-refractivity contribution in [3.05, 3.63) is 23.8 Å². The Morgan fingerprint density at radius 2 is 1.68 bits per heavy atom. The van der Waals surface area contributed by atoms with Gasteiger partial charge in [-0.2, -0.15) is 0 Å². The summed E-state index contributed by atoms with van der Waals surface area (Å²) in [7, 11) is 3.12. The van der Waals surface area contributed by atoms with Crippen molar-refractivity contribution in [3.63, 3.8) is 0 Å². The van der Waals surface area contributed by atoms with Crippen LogP contribution >= 0.6 is 12.4 Å². The molecule has 1 atom stereocenters. The van der Waals surface area contributed by atoms with E-state index in [-0.39, 0.29) is 36.2 Å². The van der Waals surface area contributed by atoms with E-state index in [0.717, 1.165) is 0 Å². The molecule has 1 saturated carbocycles. The van der Waals surface area contributed by atoms with Crippen LogP contribution < -0.4 is 20.5 Å². The van der Waals surface area contributed by atoms with Crippen molar-refractivity contribution in [1.82, 2.24) is 10.2 Å². The van der Waals surface area contributed by atoms with E-state index in [2.05, 4.69) is 5.32 Å². The molecule has 2 amide bonds. The lowest BCUT2D eigenvalue weighted by Gasteiger charge is -2.31. The predicted octanol–water partition coefficient (Wildman–Crippen LogP) is 1.83. The second kappa shape index (κ2) is 9.98. The van der Waals surface area contributed by atoms with Gasteiger partial charge in [-0.05, 0) is 43.7 Å². The molecule has 1 aliphatic heterocycles. The standard InChI is InChI=1S/C20H29N3O4.ClH/c1-26-16-9-15(10-17(11-16)27-2)20(25)23-7-5-14(6-8-23)19(24)22-12-18(21)13-3-4-13;/h9-11,13-14,18H,3-8,12,21H2,1-2H3,(H,22,24);1H. The fourth-order valence-electron chi connectivity index (χ4n) is 3.51. The minimum Gasteiger partial charge on any atom is -0.497 e. The number of carbonyl (C=O) groups excluding carboxylic acids is 2. The number of amides is 2. The lowest BCUT2D eigenvalue weighted by molar-refractivity contribution is -0.126. The molecule has 8 heteroatoms. The largest absolute Gasteiger partial charge is 0.497 e. The Hall–Kier alpha value is -1.99. The molecular weight excluding hydrogens is 382 g/mol. The zero-order valence-electron chi connectivity index (χ0n) is 16.5. The van der Waals surface area contributed by atoms with Crippen molar-refractivity contribution in [2.75, 3.05) is 33.9 Å². The van der Waals surface area contributed by atoms with E-state index in [1.807, 2.05) is 0 Å². The van der Waals surface area contributed by atoms with Crippen LogP contribution in [-0.2, 0) is 4.79 Å². The normalized spacial score (nSPS) is 18.0. The third-order valence-corrected chi connectivity index (χ3v) is 5.49. The zero-order valence-corrected chi connectivity index (χ0v) is 17.3. The molecule has 0 spiro atoms. The number of ether oxygens (including phenoxy) is 2. The quantitative estimate of drug-likeness (QED) is 0.713. The molecule has 2 aliphatic rings. The van der Waals surface area contributed by atoms with Crippen LogP contribution in [0, 0.1) is 11.8 Å². The highest BCUT2D eigenvalue weighted by atomic mass is 35.5. The van der Waals surface area contributed by atoms with Crippen molar-refractivity contribution in [3.8, 4) is 11.5 Å². The van der Waals surface area contributed by atoms with Gasteiger partial charge in [0.15, 0.2) is 0 Å². The Bertz CT molecular complexity index is 666. The average Bonchev–Trinajstić information content (AvgIpc) is 3.56. The van der Waals surface area contributed by atoms with Crippen molar-refractivity contribution in [2.24, 2.45) is 17.6 Å². The molecule has 1 saturated heterocycles. The molecule has 0 aromatic heterocycles. The van der Waals surface area contributed by atoms with E-state index >= 15 is 0 Å². The van der Waals surface area contributed by atoms with E-state index < -0.39 is 0 Å². The van der Waals surface area contributed by atoms with E-state index in [1.54, 1.807) is 37.3 Å². The minimum absolute atomic E-state index is 0.